The number of benzene rings is 1. The lowest BCUT2D eigenvalue weighted by Crippen LogP contribution is -2.29. The van der Waals surface area contributed by atoms with Crippen LogP contribution in [0.3, 0.4) is 0 Å². The molecule has 1 aromatic carbocycles. The van der Waals surface area contributed by atoms with E-state index in [2.05, 4.69) is 25.7 Å². The number of aryl methyl sites for hydroxylation is 1. The van der Waals surface area contributed by atoms with Gasteiger partial charge in [0.25, 0.3) is 11.5 Å². The highest BCUT2D eigenvalue weighted by Gasteiger charge is 2.14. The summed E-state index contributed by atoms with van der Waals surface area (Å²) >= 11 is 0. The van der Waals surface area contributed by atoms with E-state index in [1.54, 1.807) is 31.6 Å². The van der Waals surface area contributed by atoms with Gasteiger partial charge in [-0.3, -0.25) is 19.3 Å². The van der Waals surface area contributed by atoms with Gasteiger partial charge in [0, 0.05) is 24.8 Å². The molecule has 0 aliphatic carbocycles. The molecular weight excluding hydrogens is 358 g/mol. The second-order valence-electron chi connectivity index (χ2n) is 6.28. The number of rotatable bonds is 5. The molecule has 0 radical (unpaired) electrons. The fraction of sp³-hybridized carbons (Fsp3) is 0.158. The van der Waals surface area contributed by atoms with E-state index in [9.17, 15) is 9.59 Å². The largest absolute Gasteiger partial charge is 0.345 e. The van der Waals surface area contributed by atoms with Crippen molar-refractivity contribution in [3.05, 3.63) is 82.3 Å². The lowest BCUT2D eigenvalue weighted by Gasteiger charge is -2.11. The number of hydrogen-bond donors (Lipinski definition) is 1. The molecule has 4 aromatic rings. The summed E-state index contributed by atoms with van der Waals surface area (Å²) in [6.45, 7) is 0.450. The molecule has 1 amide bonds. The lowest BCUT2D eigenvalue weighted by molar-refractivity contribution is 0.0945. The van der Waals surface area contributed by atoms with Crippen molar-refractivity contribution >= 4 is 16.7 Å². The molecule has 140 valence electrons. The maximum Gasteiger partial charge on any atom is 0.274 e. The Morgan fingerprint density at radius 2 is 1.96 bits per heavy atom. The van der Waals surface area contributed by atoms with E-state index in [1.165, 1.54) is 15.6 Å². The van der Waals surface area contributed by atoms with Crippen LogP contribution in [0.25, 0.3) is 10.8 Å². The van der Waals surface area contributed by atoms with Crippen LogP contribution in [0.1, 0.15) is 21.7 Å². The first-order valence-corrected chi connectivity index (χ1v) is 8.64. The first-order valence-electron chi connectivity index (χ1n) is 8.64. The Kier molecular flexibility index (Phi) is 4.63. The molecular formula is C19H17N7O2. The third kappa shape index (κ3) is 3.50. The van der Waals surface area contributed by atoms with Gasteiger partial charge in [-0.15, -0.1) is 5.10 Å². The summed E-state index contributed by atoms with van der Waals surface area (Å²) in [5, 5.41) is 16.1. The normalized spacial score (nSPS) is 10.9. The standard InChI is InChI=1S/C19H17N7O2/c1-25-12-17(22-24-25)18(27)21-10-16-14-6-2-3-7-15(14)19(28)26(23-16)11-13-5-4-8-20-9-13/h2-9,12H,10-11H2,1H3,(H,21,27). The molecule has 0 aliphatic heterocycles. The topological polar surface area (TPSA) is 108 Å². The summed E-state index contributed by atoms with van der Waals surface area (Å²) in [4.78, 5) is 29.2. The summed E-state index contributed by atoms with van der Waals surface area (Å²) in [5.41, 5.74) is 1.48. The number of hydrogen-bond acceptors (Lipinski definition) is 6. The van der Waals surface area contributed by atoms with Crippen LogP contribution in [-0.4, -0.2) is 35.7 Å². The zero-order valence-electron chi connectivity index (χ0n) is 15.1. The molecule has 0 aliphatic rings. The number of fused-ring (bicyclic) bond motifs is 1. The van der Waals surface area contributed by atoms with Gasteiger partial charge in [-0.25, -0.2) is 4.68 Å². The van der Waals surface area contributed by atoms with Crippen LogP contribution in [0.2, 0.25) is 0 Å². The van der Waals surface area contributed by atoms with Gasteiger partial charge in [0.2, 0.25) is 0 Å². The first kappa shape index (κ1) is 17.5. The van der Waals surface area contributed by atoms with Crippen molar-refractivity contribution in [2.24, 2.45) is 7.05 Å². The third-order valence-electron chi connectivity index (χ3n) is 4.25. The zero-order chi connectivity index (χ0) is 19.5. The van der Waals surface area contributed by atoms with Crippen molar-refractivity contribution in [2.45, 2.75) is 13.1 Å². The van der Waals surface area contributed by atoms with E-state index in [1.807, 2.05) is 24.3 Å². The quantitative estimate of drug-likeness (QED) is 0.555. The lowest BCUT2D eigenvalue weighted by atomic mass is 10.1. The minimum absolute atomic E-state index is 0.156. The predicted molar refractivity (Wildman–Crippen MR) is 102 cm³/mol. The molecule has 0 unspecified atom stereocenters. The molecule has 9 nitrogen and oxygen atoms in total. The molecule has 0 atom stereocenters. The number of nitrogens with zero attached hydrogens (tertiary/aromatic N) is 6. The summed E-state index contributed by atoms with van der Waals surface area (Å²) in [7, 11) is 1.69. The zero-order valence-corrected chi connectivity index (χ0v) is 15.1. The molecule has 0 fully saturated rings. The summed E-state index contributed by atoms with van der Waals surface area (Å²) in [6, 6.07) is 10.9. The van der Waals surface area contributed by atoms with Crippen LogP contribution >= 0.6 is 0 Å². The van der Waals surface area contributed by atoms with Gasteiger partial charge < -0.3 is 5.32 Å². The molecule has 3 aromatic heterocycles. The first-order chi connectivity index (χ1) is 13.6. The van der Waals surface area contributed by atoms with Crippen molar-refractivity contribution in [2.75, 3.05) is 0 Å². The van der Waals surface area contributed by atoms with Gasteiger partial charge in [-0.1, -0.05) is 29.5 Å². The second-order valence-corrected chi connectivity index (χ2v) is 6.28. The molecule has 1 N–H and O–H groups in total. The molecule has 9 heteroatoms. The van der Waals surface area contributed by atoms with Gasteiger partial charge in [-0.05, 0) is 17.7 Å². The molecule has 0 spiro atoms. The van der Waals surface area contributed by atoms with E-state index in [4.69, 9.17) is 0 Å². The highest BCUT2D eigenvalue weighted by molar-refractivity contribution is 5.92. The highest BCUT2D eigenvalue weighted by atomic mass is 16.2. The third-order valence-corrected chi connectivity index (χ3v) is 4.25. The van der Waals surface area contributed by atoms with E-state index in [-0.39, 0.29) is 23.7 Å². The Labute approximate surface area is 159 Å². The molecule has 0 saturated heterocycles. The highest BCUT2D eigenvalue weighted by Crippen LogP contribution is 2.14. The summed E-state index contributed by atoms with van der Waals surface area (Å²) in [6.07, 6.45) is 4.90. The average Bonchev–Trinajstić information content (AvgIpc) is 3.16. The molecule has 4 rings (SSSR count). The Hall–Kier alpha value is -3.88. The number of pyridine rings is 1. The van der Waals surface area contributed by atoms with E-state index >= 15 is 0 Å². The minimum atomic E-state index is -0.357. The Morgan fingerprint density at radius 3 is 2.68 bits per heavy atom. The summed E-state index contributed by atoms with van der Waals surface area (Å²) < 4.78 is 2.85. The van der Waals surface area contributed by atoms with E-state index in [0.717, 1.165) is 5.56 Å². The van der Waals surface area contributed by atoms with Gasteiger partial charge in [0.05, 0.1) is 30.4 Å². The smallest absolute Gasteiger partial charge is 0.274 e. The fourth-order valence-corrected chi connectivity index (χ4v) is 2.91. The number of carbonyl (C=O) groups excluding carboxylic acids is 1. The molecule has 0 saturated carbocycles. The van der Waals surface area contributed by atoms with Crippen LogP contribution in [0.5, 0.6) is 0 Å². The SMILES string of the molecule is Cn1cc(C(=O)NCc2nn(Cc3cccnc3)c(=O)c3ccccc23)nn1. The van der Waals surface area contributed by atoms with Crippen molar-refractivity contribution in [3.63, 3.8) is 0 Å². The van der Waals surface area contributed by atoms with Crippen LogP contribution in [-0.2, 0) is 20.1 Å². The van der Waals surface area contributed by atoms with Gasteiger partial charge in [-0.2, -0.15) is 5.10 Å². The maximum atomic E-state index is 12.8. The predicted octanol–water partition coefficient (Wildman–Crippen LogP) is 0.898. The van der Waals surface area contributed by atoms with Crippen molar-refractivity contribution in [1.82, 2.24) is 35.1 Å². The molecule has 28 heavy (non-hydrogen) atoms. The Morgan fingerprint density at radius 1 is 1.14 bits per heavy atom. The second kappa shape index (κ2) is 7.39. The van der Waals surface area contributed by atoms with Gasteiger partial charge >= 0.3 is 0 Å². The average molecular weight is 375 g/mol. The van der Waals surface area contributed by atoms with Crippen LogP contribution in [0.15, 0.2) is 59.8 Å². The van der Waals surface area contributed by atoms with E-state index < -0.39 is 0 Å². The van der Waals surface area contributed by atoms with Gasteiger partial charge in [0.1, 0.15) is 0 Å². The number of carbonyl (C=O) groups is 1. The Balaban J connectivity index is 1.67. The minimum Gasteiger partial charge on any atom is -0.345 e. The van der Waals surface area contributed by atoms with Gasteiger partial charge in [0.15, 0.2) is 5.69 Å². The van der Waals surface area contributed by atoms with Crippen molar-refractivity contribution in [1.29, 1.82) is 0 Å². The van der Waals surface area contributed by atoms with E-state index in [0.29, 0.717) is 23.0 Å². The van der Waals surface area contributed by atoms with Crippen molar-refractivity contribution in [3.8, 4) is 0 Å². The number of nitrogens with one attached hydrogen (secondary N) is 1. The number of aromatic nitrogens is 6. The van der Waals surface area contributed by atoms with Crippen LogP contribution < -0.4 is 10.9 Å². The maximum absolute atomic E-state index is 12.8. The summed E-state index contributed by atoms with van der Waals surface area (Å²) in [5.74, 6) is -0.357. The molecule has 0 bridgehead atoms. The Bertz CT molecular complexity index is 1200. The van der Waals surface area contributed by atoms with Crippen molar-refractivity contribution < 1.29 is 4.79 Å². The monoisotopic (exact) mass is 375 g/mol. The fourth-order valence-electron chi connectivity index (χ4n) is 2.91. The van der Waals surface area contributed by atoms with Crippen LogP contribution in [0.4, 0.5) is 0 Å². The van der Waals surface area contributed by atoms with Crippen LogP contribution in [0, 0.1) is 0 Å². The number of amides is 1. The molecule has 3 heterocycles.